The predicted molar refractivity (Wildman–Crippen MR) is 85.3 cm³/mol. The van der Waals surface area contributed by atoms with Gasteiger partial charge >= 0.3 is 0 Å². The quantitative estimate of drug-likeness (QED) is 0.721. The summed E-state index contributed by atoms with van der Waals surface area (Å²) in [6, 6.07) is 11.6. The molecule has 0 saturated heterocycles. The van der Waals surface area contributed by atoms with E-state index in [0.717, 1.165) is 25.2 Å². The summed E-state index contributed by atoms with van der Waals surface area (Å²) in [7, 11) is 0. The maximum Gasteiger partial charge on any atom is 0.0206 e. The van der Waals surface area contributed by atoms with Crippen LogP contribution in [0.4, 0.5) is 0 Å². The van der Waals surface area contributed by atoms with Crippen molar-refractivity contribution in [3.05, 3.63) is 42.5 Å². The highest BCUT2D eigenvalue weighted by Crippen LogP contribution is 2.10. The Kier molecular flexibility index (Phi) is 6.82. The lowest BCUT2D eigenvalue weighted by Crippen LogP contribution is -2.41. The molecule has 1 aromatic carbocycles. The average molecular weight is 260 g/mol. The Morgan fingerprint density at radius 3 is 2.21 bits per heavy atom. The van der Waals surface area contributed by atoms with E-state index in [1.807, 2.05) is 6.07 Å². The number of nitrogens with one attached hydrogen (secondary N) is 1. The molecule has 2 nitrogen and oxygen atoms in total. The zero-order valence-electron chi connectivity index (χ0n) is 12.8. The lowest BCUT2D eigenvalue weighted by atomic mass is 10.1. The summed E-state index contributed by atoms with van der Waals surface area (Å²) in [6.07, 6.45) is 0. The summed E-state index contributed by atoms with van der Waals surface area (Å²) in [4.78, 5) is 2.50. The van der Waals surface area contributed by atoms with E-state index in [9.17, 15) is 0 Å². The average Bonchev–Trinajstić information content (AvgIpc) is 2.38. The second-order valence-corrected chi connectivity index (χ2v) is 5.57. The fraction of sp³-hybridized carbons (Fsp3) is 0.529. The minimum Gasteiger partial charge on any atom is -0.311 e. The largest absolute Gasteiger partial charge is 0.311 e. The highest BCUT2D eigenvalue weighted by molar-refractivity contribution is 5.64. The van der Waals surface area contributed by atoms with Gasteiger partial charge < -0.3 is 5.32 Å². The van der Waals surface area contributed by atoms with Gasteiger partial charge in [0, 0.05) is 31.7 Å². The van der Waals surface area contributed by atoms with Crippen LogP contribution in [0.25, 0.3) is 5.57 Å². The van der Waals surface area contributed by atoms with Crippen LogP contribution in [0.2, 0.25) is 0 Å². The highest BCUT2D eigenvalue weighted by Gasteiger charge is 2.12. The first kappa shape index (κ1) is 15.9. The van der Waals surface area contributed by atoms with Gasteiger partial charge in [-0.3, -0.25) is 4.90 Å². The van der Waals surface area contributed by atoms with Crippen LogP contribution in [-0.2, 0) is 0 Å². The molecule has 0 saturated carbocycles. The molecule has 0 unspecified atom stereocenters. The number of rotatable bonds is 8. The number of hydrogen-bond acceptors (Lipinski definition) is 2. The first-order valence-electron chi connectivity index (χ1n) is 7.22. The second kappa shape index (κ2) is 8.13. The van der Waals surface area contributed by atoms with Crippen molar-refractivity contribution in [2.45, 2.75) is 39.8 Å². The SMILES string of the molecule is C=C(CNCCN(C(C)C)C(C)C)c1ccccc1. The molecule has 0 aliphatic carbocycles. The lowest BCUT2D eigenvalue weighted by Gasteiger charge is -2.30. The molecule has 0 aliphatic heterocycles. The Balaban J connectivity index is 2.29. The van der Waals surface area contributed by atoms with Crippen LogP contribution in [0.3, 0.4) is 0 Å². The maximum atomic E-state index is 4.14. The van der Waals surface area contributed by atoms with Gasteiger partial charge in [-0.25, -0.2) is 0 Å². The summed E-state index contributed by atoms with van der Waals surface area (Å²) in [5, 5.41) is 3.48. The standard InChI is InChI=1S/C17H28N2/c1-14(2)19(15(3)4)12-11-18-13-16(5)17-9-7-6-8-10-17/h6-10,14-15,18H,5,11-13H2,1-4H3. The van der Waals surface area contributed by atoms with Crippen molar-refractivity contribution < 1.29 is 0 Å². The van der Waals surface area contributed by atoms with Gasteiger partial charge in [0.2, 0.25) is 0 Å². The Morgan fingerprint density at radius 2 is 1.68 bits per heavy atom. The molecule has 0 bridgehead atoms. The Morgan fingerprint density at radius 1 is 1.11 bits per heavy atom. The van der Waals surface area contributed by atoms with E-state index in [-0.39, 0.29) is 0 Å². The Labute approximate surface area is 118 Å². The smallest absolute Gasteiger partial charge is 0.0206 e. The van der Waals surface area contributed by atoms with Gasteiger partial charge in [-0.05, 0) is 38.8 Å². The molecule has 106 valence electrons. The first-order chi connectivity index (χ1) is 9.02. The van der Waals surface area contributed by atoms with Crippen LogP contribution in [0.1, 0.15) is 33.3 Å². The third-order valence-electron chi connectivity index (χ3n) is 3.39. The number of benzene rings is 1. The van der Waals surface area contributed by atoms with E-state index in [0.29, 0.717) is 12.1 Å². The van der Waals surface area contributed by atoms with E-state index >= 15 is 0 Å². The molecule has 1 rings (SSSR count). The van der Waals surface area contributed by atoms with Crippen LogP contribution in [0.15, 0.2) is 36.9 Å². The topological polar surface area (TPSA) is 15.3 Å². The van der Waals surface area contributed by atoms with E-state index in [1.54, 1.807) is 0 Å². The van der Waals surface area contributed by atoms with Gasteiger partial charge in [-0.2, -0.15) is 0 Å². The molecule has 0 aliphatic rings. The third kappa shape index (κ3) is 5.58. The van der Waals surface area contributed by atoms with Crippen molar-refractivity contribution in [2.24, 2.45) is 0 Å². The van der Waals surface area contributed by atoms with Crippen molar-refractivity contribution in [1.82, 2.24) is 10.2 Å². The van der Waals surface area contributed by atoms with Gasteiger partial charge in [-0.15, -0.1) is 0 Å². The van der Waals surface area contributed by atoms with Crippen LogP contribution >= 0.6 is 0 Å². The fourth-order valence-electron chi connectivity index (χ4n) is 2.34. The fourth-order valence-corrected chi connectivity index (χ4v) is 2.34. The summed E-state index contributed by atoms with van der Waals surface area (Å²) in [5.74, 6) is 0. The first-order valence-corrected chi connectivity index (χ1v) is 7.22. The van der Waals surface area contributed by atoms with Crippen LogP contribution in [-0.4, -0.2) is 36.6 Å². The van der Waals surface area contributed by atoms with Crippen LogP contribution in [0.5, 0.6) is 0 Å². The van der Waals surface area contributed by atoms with E-state index in [1.165, 1.54) is 5.56 Å². The van der Waals surface area contributed by atoms with Gasteiger partial charge in [0.15, 0.2) is 0 Å². The molecule has 0 radical (unpaired) electrons. The van der Waals surface area contributed by atoms with Gasteiger partial charge in [-0.1, -0.05) is 36.9 Å². The lowest BCUT2D eigenvalue weighted by molar-refractivity contribution is 0.176. The maximum absolute atomic E-state index is 4.14. The molecule has 0 fully saturated rings. The molecule has 0 aromatic heterocycles. The molecule has 0 spiro atoms. The summed E-state index contributed by atoms with van der Waals surface area (Å²) < 4.78 is 0. The van der Waals surface area contributed by atoms with E-state index in [4.69, 9.17) is 0 Å². The van der Waals surface area contributed by atoms with Crippen molar-refractivity contribution in [1.29, 1.82) is 0 Å². The summed E-state index contributed by atoms with van der Waals surface area (Å²) in [5.41, 5.74) is 2.38. The summed E-state index contributed by atoms with van der Waals surface area (Å²) in [6.45, 7) is 16.1. The number of nitrogens with zero attached hydrogens (tertiary/aromatic N) is 1. The van der Waals surface area contributed by atoms with Gasteiger partial charge in [0.05, 0.1) is 0 Å². The molecule has 0 atom stereocenters. The van der Waals surface area contributed by atoms with Crippen molar-refractivity contribution in [2.75, 3.05) is 19.6 Å². The highest BCUT2D eigenvalue weighted by atomic mass is 15.2. The zero-order chi connectivity index (χ0) is 14.3. The number of hydrogen-bond donors (Lipinski definition) is 1. The predicted octanol–water partition coefficient (Wildman–Crippen LogP) is 3.41. The van der Waals surface area contributed by atoms with Crippen LogP contribution in [0, 0.1) is 0 Å². The minimum absolute atomic E-state index is 0.596. The summed E-state index contributed by atoms with van der Waals surface area (Å²) >= 11 is 0. The minimum atomic E-state index is 0.596. The third-order valence-corrected chi connectivity index (χ3v) is 3.39. The zero-order valence-corrected chi connectivity index (χ0v) is 12.8. The normalized spacial score (nSPS) is 11.5. The van der Waals surface area contributed by atoms with E-state index in [2.05, 4.69) is 68.8 Å². The second-order valence-electron chi connectivity index (χ2n) is 5.57. The van der Waals surface area contributed by atoms with Crippen LogP contribution < -0.4 is 5.32 Å². The molecule has 1 N–H and O–H groups in total. The molecule has 0 amide bonds. The molecule has 1 aromatic rings. The Hall–Kier alpha value is -1.12. The molecule has 2 heteroatoms. The van der Waals surface area contributed by atoms with Crippen molar-refractivity contribution in [3.63, 3.8) is 0 Å². The molecular weight excluding hydrogens is 232 g/mol. The molecule has 19 heavy (non-hydrogen) atoms. The Bertz CT molecular complexity index is 360. The molecule has 0 heterocycles. The van der Waals surface area contributed by atoms with E-state index < -0.39 is 0 Å². The monoisotopic (exact) mass is 260 g/mol. The van der Waals surface area contributed by atoms with Gasteiger partial charge in [0.1, 0.15) is 0 Å². The van der Waals surface area contributed by atoms with Crippen molar-refractivity contribution in [3.8, 4) is 0 Å². The van der Waals surface area contributed by atoms with Gasteiger partial charge in [0.25, 0.3) is 0 Å². The molecular formula is C17H28N2. The van der Waals surface area contributed by atoms with Crippen molar-refractivity contribution >= 4 is 5.57 Å².